The zero-order valence-electron chi connectivity index (χ0n) is 10.1. The molecule has 1 aromatic carbocycles. The Kier molecular flexibility index (Phi) is 5.62. The van der Waals surface area contributed by atoms with Crippen LogP contribution in [0.5, 0.6) is 0 Å². The number of amides is 2. The average molecular weight is 334 g/mol. The molecule has 0 aliphatic rings. The lowest BCUT2D eigenvalue weighted by molar-refractivity contribution is -0.116. The Hall–Kier alpha value is -1.07. The van der Waals surface area contributed by atoms with Crippen LogP contribution in [0, 0.1) is 0 Å². The topological polar surface area (TPSA) is 58.2 Å². The van der Waals surface area contributed by atoms with Gasteiger partial charge in [0.15, 0.2) is 0 Å². The Labute approximate surface area is 119 Å². The smallest absolute Gasteiger partial charge is 0.238 e. The molecule has 0 spiro atoms. The fourth-order valence-electron chi connectivity index (χ4n) is 1.29. The summed E-state index contributed by atoms with van der Waals surface area (Å²) in [4.78, 5) is 22.3. The van der Waals surface area contributed by atoms with Crippen molar-refractivity contribution in [2.75, 3.05) is 10.6 Å². The van der Waals surface area contributed by atoms with E-state index in [1.165, 1.54) is 6.92 Å². The van der Waals surface area contributed by atoms with Crippen LogP contribution in [0.3, 0.4) is 0 Å². The molecule has 6 heteroatoms. The molecule has 0 radical (unpaired) electrons. The van der Waals surface area contributed by atoms with Crippen molar-refractivity contribution in [3.05, 3.63) is 23.2 Å². The van der Waals surface area contributed by atoms with Gasteiger partial charge in [-0.15, -0.1) is 0 Å². The van der Waals surface area contributed by atoms with Crippen LogP contribution in [0.2, 0.25) is 5.02 Å². The number of nitrogens with one attached hydrogen (secondary N) is 2. The van der Waals surface area contributed by atoms with Crippen LogP contribution in [0.15, 0.2) is 18.2 Å². The number of rotatable bonds is 4. The van der Waals surface area contributed by atoms with E-state index in [1.807, 2.05) is 6.92 Å². The van der Waals surface area contributed by atoms with E-state index in [9.17, 15) is 9.59 Å². The van der Waals surface area contributed by atoms with Crippen LogP contribution in [-0.4, -0.2) is 16.6 Å². The molecule has 0 heterocycles. The van der Waals surface area contributed by atoms with Crippen molar-refractivity contribution in [1.82, 2.24) is 0 Å². The number of carbonyl (C=O) groups excluding carboxylic acids is 2. The highest BCUT2D eigenvalue weighted by atomic mass is 79.9. The number of alkyl halides is 1. The van der Waals surface area contributed by atoms with Crippen LogP contribution in [-0.2, 0) is 9.59 Å². The molecule has 0 saturated carbocycles. The quantitative estimate of drug-likeness (QED) is 0.830. The molecule has 0 saturated heterocycles. The van der Waals surface area contributed by atoms with Crippen LogP contribution >= 0.6 is 27.5 Å². The fraction of sp³-hybridized carbons (Fsp3) is 0.333. The van der Waals surface area contributed by atoms with Crippen molar-refractivity contribution in [3.8, 4) is 0 Å². The summed E-state index contributed by atoms with van der Waals surface area (Å²) >= 11 is 9.26. The molecular weight excluding hydrogens is 320 g/mol. The van der Waals surface area contributed by atoms with Crippen LogP contribution in [0.4, 0.5) is 11.4 Å². The van der Waals surface area contributed by atoms with E-state index in [1.54, 1.807) is 18.2 Å². The summed E-state index contributed by atoms with van der Waals surface area (Å²) in [5.41, 5.74) is 1.12. The van der Waals surface area contributed by atoms with Crippen molar-refractivity contribution in [2.45, 2.75) is 25.1 Å². The molecule has 0 aromatic heterocycles. The van der Waals surface area contributed by atoms with Crippen LogP contribution < -0.4 is 10.6 Å². The first-order valence-electron chi connectivity index (χ1n) is 5.46. The Bertz CT molecular complexity index is 465. The average Bonchev–Trinajstić information content (AvgIpc) is 2.31. The van der Waals surface area contributed by atoms with Gasteiger partial charge in [0.1, 0.15) is 0 Å². The van der Waals surface area contributed by atoms with Crippen LogP contribution in [0.25, 0.3) is 0 Å². The van der Waals surface area contributed by atoms with E-state index in [0.29, 0.717) is 22.8 Å². The fourth-order valence-corrected chi connectivity index (χ4v) is 1.63. The summed E-state index contributed by atoms with van der Waals surface area (Å²) in [6.07, 6.45) is 0.698. The third kappa shape index (κ3) is 4.31. The molecule has 0 aliphatic carbocycles. The molecular formula is C12H14BrClN2O2. The summed E-state index contributed by atoms with van der Waals surface area (Å²) in [5, 5.41) is 5.71. The second-order valence-electron chi connectivity index (χ2n) is 3.74. The summed E-state index contributed by atoms with van der Waals surface area (Å²) in [6.45, 7) is 3.31. The molecule has 1 aromatic rings. The zero-order valence-corrected chi connectivity index (χ0v) is 12.4. The van der Waals surface area contributed by atoms with Gasteiger partial charge in [0, 0.05) is 12.6 Å². The summed E-state index contributed by atoms with van der Waals surface area (Å²) in [7, 11) is 0. The minimum Gasteiger partial charge on any atom is -0.325 e. The molecule has 2 amide bonds. The molecule has 98 valence electrons. The first-order valence-corrected chi connectivity index (χ1v) is 6.75. The first kappa shape index (κ1) is 15.0. The molecule has 1 atom stereocenters. The Morgan fingerprint density at radius 2 is 2.06 bits per heavy atom. The van der Waals surface area contributed by atoms with Gasteiger partial charge >= 0.3 is 0 Å². The number of halogens is 2. The highest BCUT2D eigenvalue weighted by molar-refractivity contribution is 9.10. The van der Waals surface area contributed by atoms with Gasteiger partial charge < -0.3 is 10.6 Å². The predicted molar refractivity (Wildman–Crippen MR) is 77.4 cm³/mol. The Morgan fingerprint density at radius 3 is 2.56 bits per heavy atom. The van der Waals surface area contributed by atoms with Gasteiger partial charge in [-0.25, -0.2) is 0 Å². The largest absolute Gasteiger partial charge is 0.325 e. The summed E-state index contributed by atoms with van der Waals surface area (Å²) < 4.78 is 0. The summed E-state index contributed by atoms with van der Waals surface area (Å²) in [6, 6.07) is 4.93. The SMILES string of the molecule is CCC(Br)C(=O)Nc1ccc(NC(C)=O)c(Cl)c1. The number of carbonyl (C=O) groups is 2. The van der Waals surface area contributed by atoms with E-state index in [2.05, 4.69) is 26.6 Å². The van der Waals surface area contributed by atoms with Crippen molar-refractivity contribution >= 4 is 50.7 Å². The second kappa shape index (κ2) is 6.75. The number of hydrogen-bond donors (Lipinski definition) is 2. The monoisotopic (exact) mass is 332 g/mol. The van der Waals surface area contributed by atoms with Gasteiger partial charge in [0.05, 0.1) is 15.5 Å². The normalized spacial score (nSPS) is 11.8. The minimum absolute atomic E-state index is 0.124. The first-order chi connectivity index (χ1) is 8.43. The maximum atomic E-state index is 11.6. The highest BCUT2D eigenvalue weighted by Crippen LogP contribution is 2.25. The molecule has 1 rings (SSSR count). The van der Waals surface area contributed by atoms with Crippen LogP contribution in [0.1, 0.15) is 20.3 Å². The maximum absolute atomic E-state index is 11.6. The Morgan fingerprint density at radius 1 is 1.39 bits per heavy atom. The minimum atomic E-state index is -0.230. The van der Waals surface area contributed by atoms with Gasteiger partial charge in [-0.3, -0.25) is 9.59 Å². The van der Waals surface area contributed by atoms with Crippen molar-refractivity contribution in [2.24, 2.45) is 0 Å². The van der Waals surface area contributed by atoms with E-state index < -0.39 is 0 Å². The molecule has 18 heavy (non-hydrogen) atoms. The van der Waals surface area contributed by atoms with Crippen molar-refractivity contribution < 1.29 is 9.59 Å². The third-order valence-corrected chi connectivity index (χ3v) is 3.57. The lowest BCUT2D eigenvalue weighted by atomic mass is 10.2. The molecule has 1 unspecified atom stereocenters. The lowest BCUT2D eigenvalue weighted by Crippen LogP contribution is -2.22. The highest BCUT2D eigenvalue weighted by Gasteiger charge is 2.13. The van der Waals surface area contributed by atoms with Crippen molar-refractivity contribution in [3.63, 3.8) is 0 Å². The van der Waals surface area contributed by atoms with E-state index in [0.717, 1.165) is 0 Å². The van der Waals surface area contributed by atoms with Crippen molar-refractivity contribution in [1.29, 1.82) is 0 Å². The maximum Gasteiger partial charge on any atom is 0.238 e. The number of benzene rings is 1. The molecule has 0 aliphatic heterocycles. The van der Waals surface area contributed by atoms with Gasteiger partial charge in [0.25, 0.3) is 0 Å². The number of anilines is 2. The Balaban J connectivity index is 2.78. The lowest BCUT2D eigenvalue weighted by Gasteiger charge is -2.11. The molecule has 2 N–H and O–H groups in total. The third-order valence-electron chi connectivity index (χ3n) is 2.19. The van der Waals surface area contributed by atoms with E-state index >= 15 is 0 Å². The van der Waals surface area contributed by atoms with Gasteiger partial charge in [-0.05, 0) is 24.6 Å². The van der Waals surface area contributed by atoms with Gasteiger partial charge in [0.2, 0.25) is 11.8 Å². The molecule has 4 nitrogen and oxygen atoms in total. The van der Waals surface area contributed by atoms with E-state index in [4.69, 9.17) is 11.6 Å². The van der Waals surface area contributed by atoms with E-state index in [-0.39, 0.29) is 16.6 Å². The zero-order chi connectivity index (χ0) is 13.7. The van der Waals surface area contributed by atoms with Gasteiger partial charge in [-0.2, -0.15) is 0 Å². The molecule has 0 bridgehead atoms. The second-order valence-corrected chi connectivity index (χ2v) is 5.25. The predicted octanol–water partition coefficient (Wildman–Crippen LogP) is 3.41. The molecule has 0 fully saturated rings. The standard InChI is InChI=1S/C12H14BrClN2O2/c1-3-9(13)12(18)16-8-4-5-11(10(14)6-8)15-7(2)17/h4-6,9H,3H2,1-2H3,(H,15,17)(H,16,18). The number of hydrogen-bond acceptors (Lipinski definition) is 2. The van der Waals surface area contributed by atoms with Gasteiger partial charge in [-0.1, -0.05) is 34.5 Å². The summed E-state index contributed by atoms with van der Waals surface area (Å²) in [5.74, 6) is -0.318.